The van der Waals surface area contributed by atoms with Gasteiger partial charge in [-0.1, -0.05) is 60.1 Å². The summed E-state index contributed by atoms with van der Waals surface area (Å²) in [4.78, 5) is 15.4. The average molecular weight is 1530 g/mol. The van der Waals surface area contributed by atoms with Crippen molar-refractivity contribution in [3.8, 4) is 0 Å². The molecule has 0 spiro atoms. The number of fused-ring (bicyclic) bond motifs is 7. The van der Waals surface area contributed by atoms with Crippen LogP contribution in [-0.2, 0) is 71.1 Å². The van der Waals surface area contributed by atoms with Crippen LogP contribution in [0.4, 0.5) is 0 Å². The maximum absolute atomic E-state index is 15.4. The van der Waals surface area contributed by atoms with Crippen molar-refractivity contribution < 1.29 is 173 Å². The van der Waals surface area contributed by atoms with Crippen LogP contribution in [0.5, 0.6) is 0 Å². The summed E-state index contributed by atoms with van der Waals surface area (Å²) in [7, 11) is 0. The van der Waals surface area contributed by atoms with E-state index in [1.807, 2.05) is 0 Å². The Morgan fingerprint density at radius 1 is 0.443 bits per heavy atom. The van der Waals surface area contributed by atoms with Crippen molar-refractivity contribution in [2.75, 3.05) is 33.0 Å². The third kappa shape index (κ3) is 14.6. The molecule has 12 rings (SSSR count). The van der Waals surface area contributed by atoms with Gasteiger partial charge in [0.15, 0.2) is 37.7 Å². The predicted octanol–water partition coefficient (Wildman–Crippen LogP) is -5.87. The van der Waals surface area contributed by atoms with Crippen molar-refractivity contribution in [1.82, 2.24) is 0 Å². The van der Waals surface area contributed by atoms with E-state index in [2.05, 4.69) is 54.5 Å². The summed E-state index contributed by atoms with van der Waals surface area (Å²) in [6.45, 7) is 15.1. The Kier molecular flexibility index (Phi) is 24.8. The molecule has 0 radical (unpaired) electrons. The van der Waals surface area contributed by atoms with Gasteiger partial charge in [-0.05, 0) is 123 Å². The van der Waals surface area contributed by atoms with Crippen molar-refractivity contribution in [3.63, 3.8) is 0 Å². The van der Waals surface area contributed by atoms with Gasteiger partial charge in [0.2, 0.25) is 6.29 Å². The van der Waals surface area contributed by atoms with Crippen LogP contribution in [0.15, 0.2) is 11.6 Å². The van der Waals surface area contributed by atoms with Gasteiger partial charge in [0, 0.05) is 0 Å². The normalized spacial score (nSPS) is 54.6. The molecule has 610 valence electrons. The fourth-order valence-corrected chi connectivity index (χ4v) is 20.5. The van der Waals surface area contributed by atoms with Gasteiger partial charge in [-0.25, -0.2) is 0 Å². The average Bonchev–Trinajstić information content (AvgIpc) is 0.674. The van der Waals surface area contributed by atoms with E-state index in [1.165, 1.54) is 19.4 Å². The number of aliphatic hydroxyl groups is 20. The second-order valence-electron chi connectivity index (χ2n) is 34.3. The van der Waals surface area contributed by atoms with Gasteiger partial charge in [-0.3, -0.25) is 4.79 Å². The SMILES string of the molecule is C[C@@H]1O[C@@H](O[C@H]2[C@H](O[C@H]3CC[C@@]4(C)C(CC[C@]5(C)[C@@H]4CC=C4[C@H]6CC(C)(C)CC[C@]6(C(=O)O[C@@H]6O[C@H](CO[C@@H]7O[C@H](CO)[C@@H](O[C@@H]8O[C@@H](C)[C@H](O)[C@@H](O[C@@H]9O[C@H](CO)[C@@H](O)[C@H](O)[C@H]9O)[C@H]8O)[C@H](O)[C@H]7O)[C@@H](O)[C@H](O)[C@H]6O)CC[C@]45C)C3(C)C)OC[C@H](O)[C@@H]2O)[C@H](O)[C@H](O[C@@H]2O[C@H](CO)[C@@H](O)[C@H](O)[C@H]2O)[C@H]1O. The Balaban J connectivity index is 0.698. The van der Waals surface area contributed by atoms with Gasteiger partial charge in [-0.2, -0.15) is 0 Å². The van der Waals surface area contributed by atoms with Crippen molar-refractivity contribution in [2.24, 2.45) is 50.2 Å². The van der Waals surface area contributed by atoms with Crippen LogP contribution in [0.3, 0.4) is 0 Å². The monoisotopic (exact) mass is 1530 g/mol. The first-order valence-electron chi connectivity index (χ1n) is 37.5. The number of aliphatic hydroxyl groups excluding tert-OH is 20. The first-order chi connectivity index (χ1) is 49.7. The molecule has 11 fully saturated rings. The highest BCUT2D eigenvalue weighted by Crippen LogP contribution is 2.76. The van der Waals surface area contributed by atoms with E-state index in [0.717, 1.165) is 19.3 Å². The lowest BCUT2D eigenvalue weighted by molar-refractivity contribution is -0.382. The topological polar surface area (TPSA) is 551 Å². The first-order valence-corrected chi connectivity index (χ1v) is 37.5. The largest absolute Gasteiger partial charge is 0.432 e. The molecule has 0 aromatic rings. The molecule has 4 saturated carbocycles. The van der Waals surface area contributed by atoms with Crippen LogP contribution in [0.25, 0.3) is 0 Å². The lowest BCUT2D eigenvalue weighted by Crippen LogP contribution is -2.66. The summed E-state index contributed by atoms with van der Waals surface area (Å²) in [5.74, 6) is -0.764. The van der Waals surface area contributed by atoms with Crippen LogP contribution >= 0.6 is 0 Å². The van der Waals surface area contributed by atoms with Crippen LogP contribution < -0.4 is 0 Å². The molecule has 7 aliphatic heterocycles. The molecule has 0 aromatic heterocycles. The molecule has 106 heavy (non-hydrogen) atoms. The maximum atomic E-state index is 15.4. The zero-order valence-corrected chi connectivity index (χ0v) is 61.2. The Labute approximate surface area is 613 Å². The number of carbonyl (C=O) groups is 1. The quantitative estimate of drug-likeness (QED) is 0.0345. The molecule has 0 amide bonds. The summed E-state index contributed by atoms with van der Waals surface area (Å²) in [6.07, 6.45) is -49.3. The fraction of sp³-hybridized carbons (Fsp3) is 0.958. The van der Waals surface area contributed by atoms with Gasteiger partial charge >= 0.3 is 5.97 Å². The maximum Gasteiger partial charge on any atom is 0.315 e. The summed E-state index contributed by atoms with van der Waals surface area (Å²) in [6, 6.07) is 0. The number of ether oxygens (including phenoxy) is 14. The minimum Gasteiger partial charge on any atom is -0.432 e. The second-order valence-corrected chi connectivity index (χ2v) is 34.3. The van der Waals surface area contributed by atoms with Gasteiger partial charge in [0.25, 0.3) is 0 Å². The number of rotatable bonds is 18. The van der Waals surface area contributed by atoms with Crippen LogP contribution in [0, 0.1) is 50.2 Å². The highest BCUT2D eigenvalue weighted by molar-refractivity contribution is 5.79. The van der Waals surface area contributed by atoms with Gasteiger partial charge in [0.05, 0.1) is 56.8 Å². The minimum absolute atomic E-state index is 0.0727. The molecule has 12 aliphatic rings. The smallest absolute Gasteiger partial charge is 0.315 e. The third-order valence-corrected chi connectivity index (χ3v) is 27.3. The predicted molar refractivity (Wildman–Crippen MR) is 352 cm³/mol. The van der Waals surface area contributed by atoms with E-state index in [4.69, 9.17) is 66.3 Å². The summed E-state index contributed by atoms with van der Waals surface area (Å²) in [5.41, 5.74) is -1.70. The molecule has 20 N–H and O–H groups in total. The number of esters is 1. The molecular formula is C71H116O35. The Morgan fingerprint density at radius 3 is 1.48 bits per heavy atom. The molecule has 7 saturated heterocycles. The molecule has 7 heterocycles. The molecule has 0 aromatic carbocycles. The molecule has 0 bridgehead atoms. The van der Waals surface area contributed by atoms with Crippen LogP contribution in [0.1, 0.15) is 127 Å². The van der Waals surface area contributed by atoms with E-state index in [9.17, 15) is 102 Å². The van der Waals surface area contributed by atoms with Gasteiger partial charge in [0.1, 0.15) is 153 Å². The number of allylic oxidation sites excluding steroid dienone is 2. The molecule has 1 unspecified atom stereocenters. The van der Waals surface area contributed by atoms with Crippen molar-refractivity contribution in [1.29, 1.82) is 0 Å². The Morgan fingerprint density at radius 2 is 0.925 bits per heavy atom. The summed E-state index contributed by atoms with van der Waals surface area (Å²) < 4.78 is 83.3. The Bertz CT molecular complexity index is 3000. The zero-order chi connectivity index (χ0) is 77.3. The minimum atomic E-state index is -2.01. The number of hydrogen-bond acceptors (Lipinski definition) is 35. The first kappa shape index (κ1) is 83.3. The number of hydrogen-bond donors (Lipinski definition) is 20. The molecule has 35 heteroatoms. The molecule has 42 atom stereocenters. The van der Waals surface area contributed by atoms with Gasteiger partial charge < -0.3 is 168 Å². The summed E-state index contributed by atoms with van der Waals surface area (Å²) >= 11 is 0. The van der Waals surface area contributed by atoms with E-state index < -0.39 is 264 Å². The van der Waals surface area contributed by atoms with Crippen LogP contribution in [0.2, 0.25) is 0 Å². The van der Waals surface area contributed by atoms with Crippen molar-refractivity contribution in [3.05, 3.63) is 11.6 Å². The van der Waals surface area contributed by atoms with E-state index >= 15 is 4.79 Å². The summed E-state index contributed by atoms with van der Waals surface area (Å²) in [5, 5.41) is 218. The second kappa shape index (κ2) is 31.6. The highest BCUT2D eigenvalue weighted by Gasteiger charge is 2.71. The van der Waals surface area contributed by atoms with Crippen molar-refractivity contribution in [2.45, 2.75) is 341 Å². The Hall–Kier alpha value is -2.11. The highest BCUT2D eigenvalue weighted by atomic mass is 16.8. The van der Waals surface area contributed by atoms with E-state index in [0.29, 0.717) is 44.9 Å². The molecule has 5 aliphatic carbocycles. The van der Waals surface area contributed by atoms with E-state index in [-0.39, 0.29) is 40.6 Å². The van der Waals surface area contributed by atoms with Gasteiger partial charge in [-0.15, -0.1) is 0 Å². The lowest BCUT2D eigenvalue weighted by atomic mass is 9.33. The van der Waals surface area contributed by atoms with E-state index in [1.54, 1.807) is 0 Å². The number of carbonyl (C=O) groups excluding carboxylic acids is 1. The molecular weight excluding hydrogens is 1410 g/mol. The standard InChI is InChI=1S/C71H116O35/c1-26-38(76)55(103-59-48(86)44(82)41(79)31(21-72)97-59)52(90)62(95-26)102-54-33(23-74)99-58(51(89)47(54)85)94-25-34-43(81)46(84)50(88)61(100-34)106-65(92)71-18-16-66(3,4)20-29(71)28-10-11-36-68(7)14-13-37(67(5,6)35(68)12-15-70(36,9)69(28,8)17-19-71)101-64-57(40(78)30(75)24-93-64)105-63-53(91)56(39(77)27(2)96-63)104-60-49(87)45(83)42(80)32(22-73)98-60/h10,26-27,29-64,72-91H,11-25H2,1-9H3/t26-,27-,29+,30-,31+,32+,33+,34+,35?,36+,37-,38-,39-,40-,41+,42+,43+,44-,45-,46-,47+,48+,49+,50+,51+,52+,53+,54+,55+,56+,57+,58+,59-,60-,61-,62-,63-,64-,68-,69+,70+,71-/m0/s1. The van der Waals surface area contributed by atoms with Crippen LogP contribution in [-0.4, -0.2) is 356 Å². The zero-order valence-electron chi connectivity index (χ0n) is 61.2. The third-order valence-electron chi connectivity index (χ3n) is 27.3. The lowest BCUT2D eigenvalue weighted by Gasteiger charge is -2.71. The molecule has 35 nitrogen and oxygen atoms in total. The fourth-order valence-electron chi connectivity index (χ4n) is 20.5. The van der Waals surface area contributed by atoms with Crippen molar-refractivity contribution >= 4 is 5.97 Å².